The topological polar surface area (TPSA) is 51.0 Å². The van der Waals surface area contributed by atoms with Crippen LogP contribution in [0.5, 0.6) is 0 Å². The Labute approximate surface area is 169 Å². The largest absolute Gasteiger partial charge is 0.417 e. The number of rotatable bonds is 2. The monoisotopic (exact) mass is 420 g/mol. The molecule has 0 aliphatic carbocycles. The summed E-state index contributed by atoms with van der Waals surface area (Å²) in [4.78, 5) is 18.5. The van der Waals surface area contributed by atoms with Gasteiger partial charge in [0, 0.05) is 12.7 Å². The molecule has 2 aromatic heterocycles. The number of halogens is 4. The van der Waals surface area contributed by atoms with Gasteiger partial charge in [0.05, 0.1) is 23.5 Å². The number of fused-ring (bicyclic) bond motifs is 1. The van der Waals surface area contributed by atoms with E-state index in [1.165, 1.54) is 11.8 Å². The van der Waals surface area contributed by atoms with E-state index < -0.39 is 17.3 Å². The van der Waals surface area contributed by atoms with Crippen LogP contribution in [0.3, 0.4) is 0 Å². The number of hydrogen-bond acceptors (Lipinski definition) is 4. The second-order valence-electron chi connectivity index (χ2n) is 6.78. The standard InChI is InChI=1S/C20H16ClF3N4O/c1-12-15-5-3-2-4-13(15)8-9-27(12)16-11-26-28(19(29)18(16)21)17-7-6-14(10-25-17)20(22,23)24/h2-7,10-12H,8-9H2,1H3. The van der Waals surface area contributed by atoms with Gasteiger partial charge in [-0.25, -0.2) is 4.98 Å². The van der Waals surface area contributed by atoms with Gasteiger partial charge in [0.25, 0.3) is 5.56 Å². The van der Waals surface area contributed by atoms with Crippen molar-refractivity contribution in [1.82, 2.24) is 14.8 Å². The van der Waals surface area contributed by atoms with E-state index in [1.54, 1.807) is 0 Å². The normalized spacial score (nSPS) is 16.6. The Balaban J connectivity index is 1.69. The van der Waals surface area contributed by atoms with Crippen molar-refractivity contribution in [2.75, 3.05) is 11.4 Å². The van der Waals surface area contributed by atoms with Crippen LogP contribution in [0, 0.1) is 0 Å². The van der Waals surface area contributed by atoms with Gasteiger partial charge in [-0.1, -0.05) is 35.9 Å². The predicted octanol–water partition coefficient (Wildman–Crippen LogP) is 4.42. The number of nitrogens with zero attached hydrogens (tertiary/aromatic N) is 4. The zero-order valence-electron chi connectivity index (χ0n) is 15.3. The number of alkyl halides is 3. The third kappa shape index (κ3) is 3.48. The molecular weight excluding hydrogens is 405 g/mol. The van der Waals surface area contributed by atoms with Gasteiger partial charge >= 0.3 is 6.18 Å². The summed E-state index contributed by atoms with van der Waals surface area (Å²) in [7, 11) is 0. The van der Waals surface area contributed by atoms with Crippen molar-refractivity contribution in [3.8, 4) is 5.82 Å². The Morgan fingerprint density at radius 1 is 1.14 bits per heavy atom. The first-order chi connectivity index (χ1) is 13.8. The van der Waals surface area contributed by atoms with Gasteiger partial charge in [-0.15, -0.1) is 0 Å². The van der Waals surface area contributed by atoms with Crippen LogP contribution >= 0.6 is 11.6 Å². The van der Waals surface area contributed by atoms with Crippen LogP contribution in [0.4, 0.5) is 18.9 Å². The van der Waals surface area contributed by atoms with Crippen LogP contribution < -0.4 is 10.5 Å². The average Bonchev–Trinajstić information content (AvgIpc) is 2.70. The number of anilines is 1. The molecule has 1 aromatic carbocycles. The molecule has 3 aromatic rings. The molecule has 0 spiro atoms. The molecule has 29 heavy (non-hydrogen) atoms. The molecule has 1 aliphatic heterocycles. The van der Waals surface area contributed by atoms with Crippen molar-refractivity contribution in [2.24, 2.45) is 0 Å². The number of aromatic nitrogens is 3. The molecule has 0 radical (unpaired) electrons. The molecule has 1 atom stereocenters. The molecular formula is C20H16ClF3N4O. The fourth-order valence-electron chi connectivity index (χ4n) is 3.57. The molecule has 0 amide bonds. The van der Waals surface area contributed by atoms with Crippen LogP contribution in [0.25, 0.3) is 5.82 Å². The molecule has 0 saturated carbocycles. The molecule has 4 rings (SSSR count). The predicted molar refractivity (Wildman–Crippen MR) is 104 cm³/mol. The van der Waals surface area contributed by atoms with Crippen LogP contribution in [0.1, 0.15) is 29.7 Å². The third-order valence-electron chi connectivity index (χ3n) is 5.10. The summed E-state index contributed by atoms with van der Waals surface area (Å²) in [6.45, 7) is 2.69. The Bertz CT molecular complexity index is 1110. The maximum Gasteiger partial charge on any atom is 0.417 e. The van der Waals surface area contributed by atoms with Crippen molar-refractivity contribution < 1.29 is 13.2 Å². The molecule has 1 unspecified atom stereocenters. The fourth-order valence-corrected chi connectivity index (χ4v) is 3.80. The minimum atomic E-state index is -4.51. The maximum atomic E-state index is 12.7. The van der Waals surface area contributed by atoms with Gasteiger partial charge in [0.15, 0.2) is 5.82 Å². The van der Waals surface area contributed by atoms with Gasteiger partial charge in [-0.2, -0.15) is 23.0 Å². The highest BCUT2D eigenvalue weighted by molar-refractivity contribution is 6.33. The van der Waals surface area contributed by atoms with E-state index in [0.29, 0.717) is 18.4 Å². The van der Waals surface area contributed by atoms with Crippen LogP contribution in [0.2, 0.25) is 5.02 Å². The van der Waals surface area contributed by atoms with Crippen LogP contribution in [0.15, 0.2) is 53.6 Å². The van der Waals surface area contributed by atoms with Crippen LogP contribution in [-0.2, 0) is 12.6 Å². The highest BCUT2D eigenvalue weighted by atomic mass is 35.5. The molecule has 0 bridgehead atoms. The number of benzene rings is 1. The van der Waals surface area contributed by atoms with Crippen molar-refractivity contribution in [3.63, 3.8) is 0 Å². The van der Waals surface area contributed by atoms with E-state index in [4.69, 9.17) is 11.6 Å². The van der Waals surface area contributed by atoms with Gasteiger partial charge < -0.3 is 4.90 Å². The lowest BCUT2D eigenvalue weighted by molar-refractivity contribution is -0.137. The van der Waals surface area contributed by atoms with Crippen molar-refractivity contribution in [1.29, 1.82) is 0 Å². The summed E-state index contributed by atoms with van der Waals surface area (Å²) < 4.78 is 39.0. The smallest absolute Gasteiger partial charge is 0.362 e. The second-order valence-corrected chi connectivity index (χ2v) is 7.16. The summed E-state index contributed by atoms with van der Waals surface area (Å²) in [6.07, 6.45) is -1.59. The lowest BCUT2D eigenvalue weighted by Gasteiger charge is -2.37. The van der Waals surface area contributed by atoms with Crippen molar-refractivity contribution >= 4 is 17.3 Å². The Morgan fingerprint density at radius 3 is 2.59 bits per heavy atom. The molecule has 0 saturated heterocycles. The van der Waals surface area contributed by atoms with Crippen molar-refractivity contribution in [3.05, 3.63) is 80.9 Å². The zero-order valence-corrected chi connectivity index (χ0v) is 16.1. The third-order valence-corrected chi connectivity index (χ3v) is 5.45. The quantitative estimate of drug-likeness (QED) is 0.615. The average molecular weight is 421 g/mol. The molecule has 3 heterocycles. The Hall–Kier alpha value is -2.87. The van der Waals surface area contributed by atoms with E-state index in [1.807, 2.05) is 30.0 Å². The molecule has 0 fully saturated rings. The van der Waals surface area contributed by atoms with Gasteiger partial charge in [0.2, 0.25) is 0 Å². The molecule has 1 aliphatic rings. The number of pyridine rings is 1. The first-order valence-corrected chi connectivity index (χ1v) is 9.31. The molecule has 5 nitrogen and oxygen atoms in total. The summed E-state index contributed by atoms with van der Waals surface area (Å²) in [5.41, 5.74) is 1.35. The van der Waals surface area contributed by atoms with E-state index in [9.17, 15) is 18.0 Å². The summed E-state index contributed by atoms with van der Waals surface area (Å²) in [5, 5.41) is 4.05. The van der Waals surface area contributed by atoms with Gasteiger partial charge in [0.1, 0.15) is 5.02 Å². The van der Waals surface area contributed by atoms with Crippen LogP contribution in [-0.4, -0.2) is 21.3 Å². The molecule has 150 valence electrons. The lowest BCUT2D eigenvalue weighted by atomic mass is 9.93. The lowest BCUT2D eigenvalue weighted by Crippen LogP contribution is -2.36. The van der Waals surface area contributed by atoms with E-state index in [-0.39, 0.29) is 16.9 Å². The first kappa shape index (κ1) is 19.4. The summed E-state index contributed by atoms with van der Waals surface area (Å²) in [5.74, 6) is -0.0338. The molecule has 0 N–H and O–H groups in total. The fraction of sp³-hybridized carbons (Fsp3) is 0.250. The van der Waals surface area contributed by atoms with E-state index in [0.717, 1.165) is 28.8 Å². The Morgan fingerprint density at radius 2 is 1.90 bits per heavy atom. The summed E-state index contributed by atoms with van der Waals surface area (Å²) >= 11 is 6.36. The zero-order chi connectivity index (χ0) is 20.8. The summed E-state index contributed by atoms with van der Waals surface area (Å²) in [6, 6.07) is 10.0. The SMILES string of the molecule is CC1c2ccccc2CCN1c1cnn(-c2ccc(C(F)(F)F)cn2)c(=O)c1Cl. The van der Waals surface area contributed by atoms with Gasteiger partial charge in [-0.3, -0.25) is 4.79 Å². The Kier molecular flexibility index (Phi) is 4.82. The maximum absolute atomic E-state index is 12.7. The van der Waals surface area contributed by atoms with E-state index >= 15 is 0 Å². The number of hydrogen-bond donors (Lipinski definition) is 0. The molecule has 9 heteroatoms. The highest BCUT2D eigenvalue weighted by Gasteiger charge is 2.31. The highest BCUT2D eigenvalue weighted by Crippen LogP contribution is 2.35. The minimum Gasteiger partial charge on any atom is -0.362 e. The minimum absolute atomic E-state index is 0.00121. The van der Waals surface area contributed by atoms with Crippen molar-refractivity contribution in [2.45, 2.75) is 25.6 Å². The first-order valence-electron chi connectivity index (χ1n) is 8.93. The van der Waals surface area contributed by atoms with Gasteiger partial charge in [-0.05, 0) is 36.6 Å². The second kappa shape index (κ2) is 7.18. The van der Waals surface area contributed by atoms with E-state index in [2.05, 4.69) is 16.1 Å².